The summed E-state index contributed by atoms with van der Waals surface area (Å²) in [6.07, 6.45) is 1.85. The summed E-state index contributed by atoms with van der Waals surface area (Å²) in [6.45, 7) is 2.23. The molecule has 0 bridgehead atoms. The van der Waals surface area contributed by atoms with Crippen LogP contribution in [0.2, 0.25) is 0 Å². The first kappa shape index (κ1) is 15.3. The molecule has 1 heterocycles. The quantitative estimate of drug-likeness (QED) is 0.849. The number of piperidine rings is 1. The number of benzene rings is 1. The molecule has 0 atom stereocenters. The molecule has 1 aromatic carbocycles. The third-order valence-corrected chi connectivity index (χ3v) is 5.63. The fraction of sp³-hybridized carbons (Fsp3) is 0.571. The van der Waals surface area contributed by atoms with Gasteiger partial charge in [-0.25, -0.2) is 8.42 Å². The molecule has 0 amide bonds. The van der Waals surface area contributed by atoms with E-state index in [-0.39, 0.29) is 0 Å². The van der Waals surface area contributed by atoms with Gasteiger partial charge in [-0.05, 0) is 57.1 Å². The van der Waals surface area contributed by atoms with E-state index in [1.54, 1.807) is 28.6 Å². The van der Waals surface area contributed by atoms with E-state index in [9.17, 15) is 8.42 Å². The molecule has 5 nitrogen and oxygen atoms in total. The molecule has 6 heteroatoms. The lowest BCUT2D eigenvalue weighted by atomic mass is 9.98. The highest BCUT2D eigenvalue weighted by atomic mass is 32.2. The van der Waals surface area contributed by atoms with Gasteiger partial charge in [0, 0.05) is 25.3 Å². The van der Waals surface area contributed by atoms with Crippen molar-refractivity contribution in [1.82, 2.24) is 9.21 Å². The van der Waals surface area contributed by atoms with Crippen molar-refractivity contribution in [2.24, 2.45) is 5.92 Å². The molecule has 1 aliphatic rings. The monoisotopic (exact) mass is 297 g/mol. The topological polar surface area (TPSA) is 66.6 Å². The molecule has 0 spiro atoms. The van der Waals surface area contributed by atoms with Crippen LogP contribution in [0.4, 0.5) is 5.69 Å². The van der Waals surface area contributed by atoms with E-state index in [0.29, 0.717) is 29.6 Å². The molecule has 1 fully saturated rings. The summed E-state index contributed by atoms with van der Waals surface area (Å²) in [5.41, 5.74) is 6.18. The first-order valence-corrected chi connectivity index (χ1v) is 8.34. The molecule has 1 aliphatic heterocycles. The van der Waals surface area contributed by atoms with Crippen molar-refractivity contribution < 1.29 is 8.42 Å². The van der Waals surface area contributed by atoms with Crippen LogP contribution in [0.25, 0.3) is 0 Å². The van der Waals surface area contributed by atoms with Gasteiger partial charge >= 0.3 is 0 Å². The zero-order valence-electron chi connectivity index (χ0n) is 12.1. The number of hydrogen-bond donors (Lipinski definition) is 1. The maximum absolute atomic E-state index is 12.5. The lowest BCUT2D eigenvalue weighted by Gasteiger charge is -2.32. The first-order valence-electron chi connectivity index (χ1n) is 6.90. The Bertz CT molecular complexity index is 532. The van der Waals surface area contributed by atoms with Gasteiger partial charge < -0.3 is 10.6 Å². The van der Waals surface area contributed by atoms with Crippen LogP contribution in [0, 0.1) is 5.92 Å². The molecule has 0 aromatic heterocycles. The maximum Gasteiger partial charge on any atom is 0.243 e. The molecule has 0 unspecified atom stereocenters. The molecule has 2 N–H and O–H groups in total. The Balaban J connectivity index is 2.04. The zero-order chi connectivity index (χ0) is 14.8. The Morgan fingerprint density at radius 1 is 1.20 bits per heavy atom. The van der Waals surface area contributed by atoms with Gasteiger partial charge in [-0.3, -0.25) is 0 Å². The third kappa shape index (κ3) is 3.50. The van der Waals surface area contributed by atoms with Crippen molar-refractivity contribution in [1.29, 1.82) is 0 Å². The second kappa shape index (κ2) is 6.11. The van der Waals surface area contributed by atoms with Gasteiger partial charge in [0.2, 0.25) is 10.0 Å². The number of nitrogens with two attached hydrogens (primary N) is 1. The summed E-state index contributed by atoms with van der Waals surface area (Å²) in [5.74, 6) is 0.586. The fourth-order valence-corrected chi connectivity index (χ4v) is 4.11. The molecule has 1 saturated heterocycles. The molecule has 0 aliphatic carbocycles. The van der Waals surface area contributed by atoms with E-state index in [1.807, 2.05) is 0 Å². The van der Waals surface area contributed by atoms with Gasteiger partial charge in [-0.15, -0.1) is 0 Å². The van der Waals surface area contributed by atoms with Gasteiger partial charge in [0.1, 0.15) is 0 Å². The van der Waals surface area contributed by atoms with Gasteiger partial charge in [-0.2, -0.15) is 4.31 Å². The average Bonchev–Trinajstić information content (AvgIpc) is 2.39. The van der Waals surface area contributed by atoms with E-state index < -0.39 is 10.0 Å². The second-order valence-corrected chi connectivity index (χ2v) is 7.62. The van der Waals surface area contributed by atoms with Crippen LogP contribution in [0.1, 0.15) is 12.8 Å². The SMILES string of the molecule is CN(C)CC1CCN(S(=O)(=O)c2ccc(N)cc2)CC1. The van der Waals surface area contributed by atoms with Crippen LogP contribution in [0.15, 0.2) is 29.2 Å². The molecular formula is C14H23N3O2S. The third-order valence-electron chi connectivity index (χ3n) is 3.71. The lowest BCUT2D eigenvalue weighted by Crippen LogP contribution is -2.40. The Hall–Kier alpha value is -1.11. The van der Waals surface area contributed by atoms with Crippen molar-refractivity contribution in [3.8, 4) is 0 Å². The number of hydrogen-bond acceptors (Lipinski definition) is 4. The summed E-state index contributed by atoms with van der Waals surface area (Å²) in [4.78, 5) is 2.49. The maximum atomic E-state index is 12.5. The Labute approximate surface area is 121 Å². The van der Waals surface area contributed by atoms with Crippen LogP contribution in [0.3, 0.4) is 0 Å². The summed E-state index contributed by atoms with van der Waals surface area (Å²) >= 11 is 0. The van der Waals surface area contributed by atoms with E-state index >= 15 is 0 Å². The number of rotatable bonds is 4. The minimum absolute atomic E-state index is 0.331. The van der Waals surface area contributed by atoms with Crippen LogP contribution in [0.5, 0.6) is 0 Å². The molecule has 112 valence electrons. The standard InChI is InChI=1S/C14H23N3O2S/c1-16(2)11-12-7-9-17(10-8-12)20(18,19)14-5-3-13(15)4-6-14/h3-6,12H,7-11,15H2,1-2H3. The van der Waals surface area contributed by atoms with E-state index in [1.165, 1.54) is 0 Å². The number of sulfonamides is 1. The van der Waals surface area contributed by atoms with E-state index in [4.69, 9.17) is 5.73 Å². The van der Waals surface area contributed by atoms with Crippen molar-refractivity contribution in [3.63, 3.8) is 0 Å². The van der Waals surface area contributed by atoms with Crippen molar-refractivity contribution in [2.45, 2.75) is 17.7 Å². The van der Waals surface area contributed by atoms with Crippen LogP contribution in [-0.2, 0) is 10.0 Å². The van der Waals surface area contributed by atoms with E-state index in [0.717, 1.165) is 19.4 Å². The average molecular weight is 297 g/mol. The molecular weight excluding hydrogens is 274 g/mol. The Morgan fingerprint density at radius 2 is 1.75 bits per heavy atom. The molecule has 1 aromatic rings. The highest BCUT2D eigenvalue weighted by Crippen LogP contribution is 2.24. The second-order valence-electron chi connectivity index (χ2n) is 5.68. The molecule has 2 rings (SSSR count). The van der Waals surface area contributed by atoms with Gasteiger partial charge in [0.25, 0.3) is 0 Å². The largest absolute Gasteiger partial charge is 0.399 e. The van der Waals surface area contributed by atoms with Gasteiger partial charge in [-0.1, -0.05) is 0 Å². The predicted molar refractivity (Wildman–Crippen MR) is 80.9 cm³/mol. The van der Waals surface area contributed by atoms with Crippen LogP contribution >= 0.6 is 0 Å². The molecule has 0 saturated carbocycles. The summed E-state index contributed by atoms with van der Waals surface area (Å²) in [6, 6.07) is 6.42. The van der Waals surface area contributed by atoms with E-state index in [2.05, 4.69) is 19.0 Å². The number of nitrogens with zero attached hydrogens (tertiary/aromatic N) is 2. The summed E-state index contributed by atoms with van der Waals surface area (Å²) < 4.78 is 26.6. The Kier molecular flexibility index (Phi) is 4.67. The van der Waals surface area contributed by atoms with Gasteiger partial charge in [0.15, 0.2) is 0 Å². The van der Waals surface area contributed by atoms with Crippen molar-refractivity contribution in [2.75, 3.05) is 39.5 Å². The normalized spacial score (nSPS) is 18.6. The fourth-order valence-electron chi connectivity index (χ4n) is 2.64. The minimum atomic E-state index is -3.37. The highest BCUT2D eigenvalue weighted by molar-refractivity contribution is 7.89. The van der Waals surface area contributed by atoms with Crippen molar-refractivity contribution >= 4 is 15.7 Å². The van der Waals surface area contributed by atoms with Crippen LogP contribution < -0.4 is 5.73 Å². The summed E-state index contributed by atoms with van der Waals surface area (Å²) in [5, 5.41) is 0. The number of anilines is 1. The van der Waals surface area contributed by atoms with Crippen LogP contribution in [-0.4, -0.2) is 51.4 Å². The van der Waals surface area contributed by atoms with Gasteiger partial charge in [0.05, 0.1) is 4.90 Å². The number of nitrogen functional groups attached to an aromatic ring is 1. The summed E-state index contributed by atoms with van der Waals surface area (Å²) in [7, 11) is 0.740. The predicted octanol–water partition coefficient (Wildman–Crippen LogP) is 1.23. The highest BCUT2D eigenvalue weighted by Gasteiger charge is 2.29. The molecule has 20 heavy (non-hydrogen) atoms. The first-order chi connectivity index (χ1) is 9.39. The lowest BCUT2D eigenvalue weighted by molar-refractivity contribution is 0.225. The minimum Gasteiger partial charge on any atom is -0.399 e. The smallest absolute Gasteiger partial charge is 0.243 e. The molecule has 0 radical (unpaired) electrons. The van der Waals surface area contributed by atoms with Crippen molar-refractivity contribution in [3.05, 3.63) is 24.3 Å². The zero-order valence-corrected chi connectivity index (χ0v) is 12.9. The Morgan fingerprint density at radius 3 is 2.25 bits per heavy atom.